The molecule has 0 fully saturated rings. The van der Waals surface area contributed by atoms with E-state index in [-0.39, 0.29) is 0 Å². The van der Waals surface area contributed by atoms with Crippen molar-refractivity contribution < 1.29 is 0 Å². The summed E-state index contributed by atoms with van der Waals surface area (Å²) >= 11 is 0. The van der Waals surface area contributed by atoms with Gasteiger partial charge in [0.15, 0.2) is 0 Å². The monoisotopic (exact) mass is 298 g/mol. The summed E-state index contributed by atoms with van der Waals surface area (Å²) in [4.78, 5) is 0. The fourth-order valence-electron chi connectivity index (χ4n) is 3.40. The van der Waals surface area contributed by atoms with E-state index >= 15 is 0 Å². The van der Waals surface area contributed by atoms with Crippen molar-refractivity contribution in [1.29, 1.82) is 0 Å². The lowest BCUT2D eigenvalue weighted by atomic mass is 9.83. The van der Waals surface area contributed by atoms with Crippen molar-refractivity contribution in [2.75, 3.05) is 0 Å². The quantitative estimate of drug-likeness (QED) is 0.519. The summed E-state index contributed by atoms with van der Waals surface area (Å²) in [6.45, 7) is 18.6. The van der Waals surface area contributed by atoms with Crippen LogP contribution in [0.25, 0.3) is 0 Å². The minimum Gasteiger partial charge on any atom is -0.0629 e. The van der Waals surface area contributed by atoms with Crippen LogP contribution in [-0.2, 0) is 0 Å². The molecule has 0 aromatic heterocycles. The molecule has 0 saturated heterocycles. The highest BCUT2D eigenvalue weighted by Crippen LogP contribution is 2.42. The molecule has 0 N–H and O–H groups in total. The van der Waals surface area contributed by atoms with Crippen LogP contribution >= 0.6 is 0 Å². The molecule has 0 radical (unpaired) electrons. The van der Waals surface area contributed by atoms with E-state index in [9.17, 15) is 0 Å². The zero-order chi connectivity index (χ0) is 16.7. The van der Waals surface area contributed by atoms with Crippen LogP contribution in [0.15, 0.2) is 45.6 Å². The van der Waals surface area contributed by atoms with Crippen molar-refractivity contribution in [2.24, 2.45) is 10.8 Å². The average molecular weight is 299 g/mol. The van der Waals surface area contributed by atoms with Crippen LogP contribution < -0.4 is 0 Å². The molecule has 0 unspecified atom stereocenters. The Balaban J connectivity index is 1.94. The third-order valence-electron chi connectivity index (χ3n) is 5.36. The van der Waals surface area contributed by atoms with Crippen LogP contribution in [0.1, 0.15) is 81.1 Å². The van der Waals surface area contributed by atoms with Crippen molar-refractivity contribution in [2.45, 2.75) is 81.1 Å². The van der Waals surface area contributed by atoms with E-state index in [1.54, 1.807) is 22.3 Å². The van der Waals surface area contributed by atoms with Crippen LogP contribution in [0.2, 0.25) is 0 Å². The van der Waals surface area contributed by atoms with Crippen molar-refractivity contribution in [1.82, 2.24) is 0 Å². The third kappa shape index (κ3) is 3.83. The second kappa shape index (κ2) is 5.87. The van der Waals surface area contributed by atoms with Crippen LogP contribution in [0.4, 0.5) is 0 Å². The van der Waals surface area contributed by atoms with E-state index in [2.05, 4.69) is 67.5 Å². The molecular formula is C22H34. The predicted octanol–water partition coefficient (Wildman–Crippen LogP) is 7.15. The maximum atomic E-state index is 2.43. The van der Waals surface area contributed by atoms with Gasteiger partial charge in [-0.25, -0.2) is 0 Å². The molecule has 0 aliphatic heterocycles. The van der Waals surface area contributed by atoms with Crippen molar-refractivity contribution in [3.63, 3.8) is 0 Å². The number of rotatable bonds is 3. The maximum Gasteiger partial charge on any atom is -0.00941 e. The Morgan fingerprint density at radius 2 is 1.00 bits per heavy atom. The standard InChI is InChI=1S/C22H34/c1-15-11-19(21(3,4)5)13-17(15)9-10-18-14-20(12-16(18)2)22(6,7)8/h11-12H,9-10,13-14H2,1-8H3. The van der Waals surface area contributed by atoms with Gasteiger partial charge < -0.3 is 0 Å². The smallest absolute Gasteiger partial charge is 0.00941 e. The van der Waals surface area contributed by atoms with Gasteiger partial charge in [-0.3, -0.25) is 0 Å². The van der Waals surface area contributed by atoms with E-state index in [0.29, 0.717) is 10.8 Å². The first kappa shape index (κ1) is 17.3. The molecule has 2 aliphatic rings. The molecule has 2 aliphatic carbocycles. The van der Waals surface area contributed by atoms with Gasteiger partial charge in [0.05, 0.1) is 0 Å². The van der Waals surface area contributed by atoms with Crippen LogP contribution in [0.3, 0.4) is 0 Å². The van der Waals surface area contributed by atoms with Gasteiger partial charge in [0, 0.05) is 0 Å². The Labute approximate surface area is 138 Å². The lowest BCUT2D eigenvalue weighted by molar-refractivity contribution is 0.490. The lowest BCUT2D eigenvalue weighted by Gasteiger charge is -2.22. The molecule has 0 heteroatoms. The number of hydrogen-bond acceptors (Lipinski definition) is 0. The van der Waals surface area contributed by atoms with Crippen LogP contribution in [0.5, 0.6) is 0 Å². The van der Waals surface area contributed by atoms with Gasteiger partial charge in [0.25, 0.3) is 0 Å². The highest BCUT2D eigenvalue weighted by atomic mass is 14.3. The summed E-state index contributed by atoms with van der Waals surface area (Å²) in [5, 5.41) is 0. The molecule has 2 rings (SSSR count). The van der Waals surface area contributed by atoms with E-state index in [0.717, 1.165) is 0 Å². The Hall–Kier alpha value is -1.04. The van der Waals surface area contributed by atoms with Gasteiger partial charge >= 0.3 is 0 Å². The first-order chi connectivity index (χ1) is 9.98. The molecule has 0 aromatic rings. The molecule has 0 aromatic carbocycles. The molecule has 122 valence electrons. The maximum absolute atomic E-state index is 2.43. The van der Waals surface area contributed by atoms with Crippen molar-refractivity contribution in [3.05, 3.63) is 45.6 Å². The molecular weight excluding hydrogens is 264 g/mol. The van der Waals surface area contributed by atoms with E-state index in [1.165, 1.54) is 36.8 Å². The minimum absolute atomic E-state index is 0.312. The number of hydrogen-bond donors (Lipinski definition) is 0. The predicted molar refractivity (Wildman–Crippen MR) is 98.9 cm³/mol. The minimum atomic E-state index is 0.312. The number of allylic oxidation sites excluding steroid dienone is 8. The molecule has 0 saturated carbocycles. The molecule has 0 heterocycles. The fourth-order valence-corrected chi connectivity index (χ4v) is 3.40. The Morgan fingerprint density at radius 1 is 0.682 bits per heavy atom. The summed E-state index contributed by atoms with van der Waals surface area (Å²) in [5.74, 6) is 0. The first-order valence-corrected chi connectivity index (χ1v) is 8.78. The van der Waals surface area contributed by atoms with E-state index in [1.807, 2.05) is 0 Å². The zero-order valence-electron chi connectivity index (χ0n) is 16.0. The molecule has 0 spiro atoms. The van der Waals surface area contributed by atoms with Crippen molar-refractivity contribution in [3.8, 4) is 0 Å². The van der Waals surface area contributed by atoms with Gasteiger partial charge in [0.2, 0.25) is 0 Å². The summed E-state index contributed by atoms with van der Waals surface area (Å²) in [6, 6.07) is 0. The average Bonchev–Trinajstić information content (AvgIpc) is 2.89. The SMILES string of the molecule is CC1=C(CCC2=C(C)C=C(C(C)(C)C)C2)CC(C(C)(C)C)=C1. The largest absolute Gasteiger partial charge is 0.0629 e. The van der Waals surface area contributed by atoms with Gasteiger partial charge in [-0.2, -0.15) is 0 Å². The zero-order valence-corrected chi connectivity index (χ0v) is 16.0. The van der Waals surface area contributed by atoms with E-state index in [4.69, 9.17) is 0 Å². The van der Waals surface area contributed by atoms with Crippen LogP contribution in [-0.4, -0.2) is 0 Å². The molecule has 22 heavy (non-hydrogen) atoms. The van der Waals surface area contributed by atoms with Crippen molar-refractivity contribution >= 4 is 0 Å². The fraction of sp³-hybridized carbons (Fsp3) is 0.636. The third-order valence-corrected chi connectivity index (χ3v) is 5.36. The topological polar surface area (TPSA) is 0 Å². The Bertz CT molecular complexity index is 521. The Morgan fingerprint density at radius 3 is 1.23 bits per heavy atom. The highest BCUT2D eigenvalue weighted by molar-refractivity contribution is 5.43. The van der Waals surface area contributed by atoms with Crippen LogP contribution in [0, 0.1) is 10.8 Å². The Kier molecular flexibility index (Phi) is 4.62. The summed E-state index contributed by atoms with van der Waals surface area (Å²) < 4.78 is 0. The summed E-state index contributed by atoms with van der Waals surface area (Å²) in [6.07, 6.45) is 9.73. The van der Waals surface area contributed by atoms with Gasteiger partial charge in [-0.1, -0.05) is 87.1 Å². The highest BCUT2D eigenvalue weighted by Gasteiger charge is 2.25. The van der Waals surface area contributed by atoms with Gasteiger partial charge in [0.1, 0.15) is 0 Å². The van der Waals surface area contributed by atoms with Gasteiger partial charge in [-0.15, -0.1) is 0 Å². The first-order valence-electron chi connectivity index (χ1n) is 8.78. The normalized spacial score (nSPS) is 20.0. The molecule has 0 bridgehead atoms. The second-order valence-electron chi connectivity index (χ2n) is 9.27. The summed E-state index contributed by atoms with van der Waals surface area (Å²) in [7, 11) is 0. The van der Waals surface area contributed by atoms with Gasteiger partial charge in [-0.05, 0) is 50.4 Å². The molecule has 0 amide bonds. The second-order valence-corrected chi connectivity index (χ2v) is 9.27. The molecule has 0 atom stereocenters. The summed E-state index contributed by atoms with van der Waals surface area (Å²) in [5.41, 5.74) is 10.2. The molecule has 0 nitrogen and oxygen atoms in total. The lowest BCUT2D eigenvalue weighted by Crippen LogP contribution is -2.08. The van der Waals surface area contributed by atoms with E-state index < -0.39 is 0 Å².